The number of aryl methyl sites for hydroxylation is 1. The van der Waals surface area contributed by atoms with Crippen LogP contribution in [0.5, 0.6) is 0 Å². The lowest BCUT2D eigenvalue weighted by Gasteiger charge is -2.03. The number of nitrogens with zero attached hydrogens (tertiary/aromatic N) is 5. The van der Waals surface area contributed by atoms with E-state index in [9.17, 15) is 8.42 Å². The summed E-state index contributed by atoms with van der Waals surface area (Å²) in [5.41, 5.74) is 1.53. The van der Waals surface area contributed by atoms with E-state index in [4.69, 9.17) is 0 Å². The van der Waals surface area contributed by atoms with Crippen molar-refractivity contribution in [2.24, 2.45) is 0 Å². The predicted octanol–water partition coefficient (Wildman–Crippen LogP) is 1.18. The van der Waals surface area contributed by atoms with Crippen LogP contribution < -0.4 is 0 Å². The largest absolute Gasteiger partial charge is 0.248 e. The molecule has 3 rings (SSSR count). The fourth-order valence-corrected chi connectivity index (χ4v) is 2.57. The lowest BCUT2D eigenvalue weighted by Crippen LogP contribution is -2.08. The minimum Gasteiger partial charge on any atom is -0.236 e. The Morgan fingerprint density at radius 2 is 2.00 bits per heavy atom. The Hall–Kier alpha value is -2.35. The molecule has 0 amide bonds. The normalized spacial score (nSPS) is 11.9. The Labute approximate surface area is 121 Å². The van der Waals surface area contributed by atoms with Crippen LogP contribution in [-0.4, -0.2) is 39.4 Å². The van der Waals surface area contributed by atoms with Gasteiger partial charge in [-0.2, -0.15) is 14.8 Å². The average molecular weight is 303 g/mol. The maximum absolute atomic E-state index is 11.6. The highest BCUT2D eigenvalue weighted by Gasteiger charge is 2.16. The zero-order valence-corrected chi connectivity index (χ0v) is 12.4. The predicted molar refractivity (Wildman–Crippen MR) is 76.9 cm³/mol. The van der Waals surface area contributed by atoms with Gasteiger partial charge in [-0.25, -0.2) is 18.4 Å². The van der Waals surface area contributed by atoms with Crippen molar-refractivity contribution in [1.82, 2.24) is 24.7 Å². The van der Waals surface area contributed by atoms with E-state index in [1.807, 2.05) is 19.1 Å². The van der Waals surface area contributed by atoms with Gasteiger partial charge < -0.3 is 0 Å². The number of aromatic nitrogens is 5. The molecule has 0 fully saturated rings. The summed E-state index contributed by atoms with van der Waals surface area (Å²) in [6, 6.07) is 5.38. The molecule has 8 heteroatoms. The molecule has 0 aliphatic heterocycles. The first-order chi connectivity index (χ1) is 10.0. The second-order valence-electron chi connectivity index (χ2n) is 4.56. The first-order valence-corrected chi connectivity index (χ1v) is 8.26. The molecule has 3 heterocycles. The molecule has 0 saturated heterocycles. The molecule has 3 aromatic rings. The van der Waals surface area contributed by atoms with Gasteiger partial charge >= 0.3 is 0 Å². The van der Waals surface area contributed by atoms with Crippen molar-refractivity contribution in [3.8, 4) is 5.82 Å². The van der Waals surface area contributed by atoms with Gasteiger partial charge in [-0.15, -0.1) is 0 Å². The van der Waals surface area contributed by atoms with Crippen LogP contribution in [-0.2, 0) is 16.3 Å². The molecule has 7 nitrogen and oxygen atoms in total. The van der Waals surface area contributed by atoms with Gasteiger partial charge in [-0.3, -0.25) is 0 Å². The summed E-state index contributed by atoms with van der Waals surface area (Å²) in [5, 5.41) is 5.18. The summed E-state index contributed by atoms with van der Waals surface area (Å²) in [6.07, 6.45) is 4.89. The van der Waals surface area contributed by atoms with Crippen LogP contribution in [0, 0.1) is 0 Å². The molecule has 3 aromatic heterocycles. The molecule has 0 radical (unpaired) electrons. The standard InChI is InChI=1S/C13H13N5O2S/c1-3-10-9-5-4-7-14-12(9)18(17-10)11-6-8-15-13(16-11)21(2,19)20/h4-8H,3H2,1-2H3. The van der Waals surface area contributed by atoms with E-state index in [1.165, 1.54) is 6.20 Å². The quantitative estimate of drug-likeness (QED) is 0.675. The topological polar surface area (TPSA) is 90.6 Å². The van der Waals surface area contributed by atoms with Crippen molar-refractivity contribution in [1.29, 1.82) is 0 Å². The lowest BCUT2D eigenvalue weighted by molar-refractivity contribution is 0.592. The van der Waals surface area contributed by atoms with Crippen LogP contribution >= 0.6 is 0 Å². The van der Waals surface area contributed by atoms with Crippen LogP contribution in [0.3, 0.4) is 0 Å². The van der Waals surface area contributed by atoms with Crippen molar-refractivity contribution >= 4 is 20.9 Å². The molecule has 0 bridgehead atoms. The van der Waals surface area contributed by atoms with Crippen molar-refractivity contribution in [2.45, 2.75) is 18.5 Å². The maximum Gasteiger partial charge on any atom is 0.248 e. The number of pyridine rings is 1. The van der Waals surface area contributed by atoms with Crippen molar-refractivity contribution < 1.29 is 8.42 Å². The molecule has 0 atom stereocenters. The summed E-state index contributed by atoms with van der Waals surface area (Å²) in [6.45, 7) is 2.00. The van der Waals surface area contributed by atoms with E-state index in [2.05, 4.69) is 20.1 Å². The van der Waals surface area contributed by atoms with Crippen molar-refractivity contribution in [2.75, 3.05) is 6.26 Å². The third-order valence-corrected chi connectivity index (χ3v) is 3.88. The molecule has 21 heavy (non-hydrogen) atoms. The number of fused-ring (bicyclic) bond motifs is 1. The highest BCUT2D eigenvalue weighted by atomic mass is 32.2. The molecule has 0 saturated carbocycles. The molecule has 0 unspecified atom stereocenters. The highest BCUT2D eigenvalue weighted by molar-refractivity contribution is 7.90. The second kappa shape index (κ2) is 4.88. The maximum atomic E-state index is 11.6. The smallest absolute Gasteiger partial charge is 0.236 e. The zero-order chi connectivity index (χ0) is 15.0. The minimum absolute atomic E-state index is 0.224. The third kappa shape index (κ3) is 2.38. The molecule has 0 N–H and O–H groups in total. The van der Waals surface area contributed by atoms with Crippen LogP contribution in [0.2, 0.25) is 0 Å². The molecule has 0 aromatic carbocycles. The van der Waals surface area contributed by atoms with Gasteiger partial charge in [0.1, 0.15) is 0 Å². The first-order valence-electron chi connectivity index (χ1n) is 6.37. The average Bonchev–Trinajstić information content (AvgIpc) is 2.85. The Morgan fingerprint density at radius 1 is 1.19 bits per heavy atom. The number of hydrogen-bond acceptors (Lipinski definition) is 6. The molecule has 0 aliphatic rings. The summed E-state index contributed by atoms with van der Waals surface area (Å²) in [5.74, 6) is 0.383. The van der Waals surface area contributed by atoms with Gasteiger partial charge in [0.25, 0.3) is 0 Å². The van der Waals surface area contributed by atoms with Crippen molar-refractivity contribution in [3.63, 3.8) is 0 Å². The Kier molecular flexibility index (Phi) is 3.17. The van der Waals surface area contributed by atoms with Gasteiger partial charge in [-0.05, 0) is 18.6 Å². The zero-order valence-electron chi connectivity index (χ0n) is 11.6. The van der Waals surface area contributed by atoms with Gasteiger partial charge in [0.05, 0.1) is 5.69 Å². The summed E-state index contributed by atoms with van der Waals surface area (Å²) in [4.78, 5) is 12.2. The van der Waals surface area contributed by atoms with E-state index >= 15 is 0 Å². The number of rotatable bonds is 3. The van der Waals surface area contributed by atoms with E-state index in [1.54, 1.807) is 16.9 Å². The van der Waals surface area contributed by atoms with Crippen molar-refractivity contribution in [3.05, 3.63) is 36.3 Å². The molecular weight excluding hydrogens is 290 g/mol. The van der Waals surface area contributed by atoms with Gasteiger partial charge in [0.2, 0.25) is 15.0 Å². The SMILES string of the molecule is CCc1nn(-c2ccnc(S(C)(=O)=O)n2)c2ncccc12. The molecule has 108 valence electrons. The van der Waals surface area contributed by atoms with E-state index in [-0.39, 0.29) is 5.16 Å². The Bertz CT molecular complexity index is 917. The van der Waals surface area contributed by atoms with E-state index < -0.39 is 9.84 Å². The van der Waals surface area contributed by atoms with E-state index in [0.29, 0.717) is 11.5 Å². The highest BCUT2D eigenvalue weighted by Crippen LogP contribution is 2.19. The summed E-state index contributed by atoms with van der Waals surface area (Å²) >= 11 is 0. The minimum atomic E-state index is -3.47. The molecule has 0 spiro atoms. The number of hydrogen-bond donors (Lipinski definition) is 0. The Morgan fingerprint density at radius 3 is 2.71 bits per heavy atom. The fraction of sp³-hybridized carbons (Fsp3) is 0.231. The monoisotopic (exact) mass is 303 g/mol. The second-order valence-corrected chi connectivity index (χ2v) is 6.47. The van der Waals surface area contributed by atoms with Gasteiger partial charge in [0, 0.05) is 30.1 Å². The number of sulfone groups is 1. The first kappa shape index (κ1) is 13.6. The summed E-state index contributed by atoms with van der Waals surface area (Å²) in [7, 11) is -3.47. The fourth-order valence-electron chi connectivity index (χ4n) is 2.06. The third-order valence-electron chi connectivity index (χ3n) is 3.02. The lowest BCUT2D eigenvalue weighted by atomic mass is 10.2. The summed E-state index contributed by atoms with van der Waals surface area (Å²) < 4.78 is 24.7. The van der Waals surface area contributed by atoms with Crippen LogP contribution in [0.25, 0.3) is 16.9 Å². The van der Waals surface area contributed by atoms with Crippen LogP contribution in [0.15, 0.2) is 35.7 Å². The van der Waals surface area contributed by atoms with Crippen LogP contribution in [0.1, 0.15) is 12.6 Å². The molecular formula is C13H13N5O2S. The van der Waals surface area contributed by atoms with Gasteiger partial charge in [-0.1, -0.05) is 6.92 Å². The van der Waals surface area contributed by atoms with Gasteiger partial charge in [0.15, 0.2) is 11.5 Å². The van der Waals surface area contributed by atoms with E-state index in [0.717, 1.165) is 23.8 Å². The Balaban J connectivity index is 2.26. The van der Waals surface area contributed by atoms with Crippen LogP contribution in [0.4, 0.5) is 0 Å². The molecule has 0 aliphatic carbocycles.